The largest absolute Gasteiger partial charge is 0.496 e. The molecule has 1 heterocycles. The number of nitrogens with zero attached hydrogens (tertiary/aromatic N) is 2. The van der Waals surface area contributed by atoms with Crippen molar-refractivity contribution in [1.82, 2.24) is 4.90 Å². The smallest absolute Gasteiger partial charge is 0.270 e. The number of carbonyl (C=O) groups excluding carboxylic acids is 1. The van der Waals surface area contributed by atoms with Crippen LogP contribution in [0, 0.1) is 10.1 Å². The molecular formula is C12H10N2O4S2. The Labute approximate surface area is 124 Å². The maximum Gasteiger partial charge on any atom is 0.270 e. The van der Waals surface area contributed by atoms with E-state index in [0.29, 0.717) is 20.5 Å². The van der Waals surface area contributed by atoms with E-state index < -0.39 is 4.92 Å². The summed E-state index contributed by atoms with van der Waals surface area (Å²) >= 11 is 6.18. The third-order valence-electron chi connectivity index (χ3n) is 2.70. The van der Waals surface area contributed by atoms with E-state index in [1.165, 1.54) is 30.2 Å². The van der Waals surface area contributed by atoms with Crippen molar-refractivity contribution >= 4 is 46.0 Å². The van der Waals surface area contributed by atoms with E-state index >= 15 is 0 Å². The summed E-state index contributed by atoms with van der Waals surface area (Å²) in [5.41, 5.74) is 0.402. The number of non-ortho nitro benzene ring substituents is 1. The second-order valence-electron chi connectivity index (χ2n) is 3.92. The van der Waals surface area contributed by atoms with Gasteiger partial charge >= 0.3 is 0 Å². The number of thioether (sulfide) groups is 1. The van der Waals surface area contributed by atoms with Gasteiger partial charge in [0.1, 0.15) is 10.1 Å². The molecule has 8 heteroatoms. The lowest BCUT2D eigenvalue weighted by molar-refractivity contribution is -0.384. The van der Waals surface area contributed by atoms with Crippen LogP contribution in [-0.4, -0.2) is 34.2 Å². The highest BCUT2D eigenvalue weighted by Crippen LogP contribution is 2.34. The number of thiocarbonyl (C=S) groups is 1. The first-order valence-electron chi connectivity index (χ1n) is 5.48. The Morgan fingerprint density at radius 3 is 2.70 bits per heavy atom. The second kappa shape index (κ2) is 5.59. The molecule has 0 aromatic heterocycles. The fraction of sp³-hybridized carbons (Fsp3) is 0.167. The summed E-state index contributed by atoms with van der Waals surface area (Å²) in [6.45, 7) is 0. The van der Waals surface area contributed by atoms with E-state index in [9.17, 15) is 14.9 Å². The standard InChI is InChI=1S/C12H10N2O4S2/c1-13-11(15)10(20-12(13)19)6-7-5-8(14(16)17)3-4-9(7)18-2/h3-6H,1-2H3/b10-6+. The third kappa shape index (κ3) is 2.66. The summed E-state index contributed by atoms with van der Waals surface area (Å²) in [5.74, 6) is 0.227. The third-order valence-corrected chi connectivity index (χ3v) is 4.18. The molecule has 1 aliphatic rings. The van der Waals surface area contributed by atoms with E-state index in [0.717, 1.165) is 11.8 Å². The fourth-order valence-electron chi connectivity index (χ4n) is 1.63. The minimum Gasteiger partial charge on any atom is -0.496 e. The number of likely N-dealkylation sites (N-methyl/N-ethyl adjacent to an activating group) is 1. The van der Waals surface area contributed by atoms with Crippen molar-refractivity contribution in [1.29, 1.82) is 0 Å². The summed E-state index contributed by atoms with van der Waals surface area (Å²) in [4.78, 5) is 24.0. The van der Waals surface area contributed by atoms with Crippen LogP contribution in [0.2, 0.25) is 0 Å². The Morgan fingerprint density at radius 2 is 2.20 bits per heavy atom. The molecule has 1 saturated heterocycles. The fourth-order valence-corrected chi connectivity index (χ4v) is 2.81. The highest BCUT2D eigenvalue weighted by atomic mass is 32.2. The minimum absolute atomic E-state index is 0.0657. The molecule has 0 radical (unpaired) electrons. The Balaban J connectivity index is 2.47. The van der Waals surface area contributed by atoms with Crippen LogP contribution in [0.4, 0.5) is 5.69 Å². The van der Waals surface area contributed by atoms with Crippen molar-refractivity contribution in [3.05, 3.63) is 38.8 Å². The second-order valence-corrected chi connectivity index (χ2v) is 5.60. The molecule has 0 bridgehead atoms. The van der Waals surface area contributed by atoms with Gasteiger partial charge in [-0.1, -0.05) is 24.0 Å². The Hall–Kier alpha value is -1.93. The summed E-state index contributed by atoms with van der Waals surface area (Å²) in [5, 5.41) is 10.8. The number of amides is 1. The zero-order valence-corrected chi connectivity index (χ0v) is 12.3. The van der Waals surface area contributed by atoms with Crippen molar-refractivity contribution < 1.29 is 14.5 Å². The number of hydrogen-bond acceptors (Lipinski definition) is 6. The molecule has 0 aliphatic carbocycles. The minimum atomic E-state index is -0.498. The molecule has 1 aliphatic heterocycles. The van der Waals surface area contributed by atoms with Gasteiger partial charge in [-0.25, -0.2) is 0 Å². The van der Waals surface area contributed by atoms with Crippen LogP contribution in [0.3, 0.4) is 0 Å². The average Bonchev–Trinajstić information content (AvgIpc) is 2.66. The quantitative estimate of drug-likeness (QED) is 0.369. The maximum absolute atomic E-state index is 11.9. The van der Waals surface area contributed by atoms with E-state index in [2.05, 4.69) is 0 Å². The van der Waals surface area contributed by atoms with E-state index in [1.54, 1.807) is 13.1 Å². The molecule has 104 valence electrons. The number of nitro benzene ring substituents is 1. The summed E-state index contributed by atoms with van der Waals surface area (Å²) in [6, 6.07) is 4.21. The topological polar surface area (TPSA) is 72.7 Å². The van der Waals surface area contributed by atoms with Gasteiger partial charge < -0.3 is 4.74 Å². The number of hydrogen-bond donors (Lipinski definition) is 0. The first kappa shape index (κ1) is 14.5. The number of benzene rings is 1. The van der Waals surface area contributed by atoms with Crippen molar-refractivity contribution in [2.75, 3.05) is 14.2 Å². The van der Waals surface area contributed by atoms with Gasteiger partial charge in [0.15, 0.2) is 0 Å². The van der Waals surface area contributed by atoms with E-state index in [1.807, 2.05) is 0 Å². The molecule has 6 nitrogen and oxygen atoms in total. The lowest BCUT2D eigenvalue weighted by atomic mass is 10.1. The summed E-state index contributed by atoms with van der Waals surface area (Å²) < 4.78 is 5.59. The molecule has 0 unspecified atom stereocenters. The number of ether oxygens (including phenoxy) is 1. The number of rotatable bonds is 3. The number of nitro groups is 1. The van der Waals surface area contributed by atoms with Crippen LogP contribution in [-0.2, 0) is 4.79 Å². The van der Waals surface area contributed by atoms with Gasteiger partial charge in [-0.15, -0.1) is 0 Å². The number of methoxy groups -OCH3 is 1. The SMILES string of the molecule is COc1ccc([N+](=O)[O-])cc1/C=C1/SC(=S)N(C)C1=O. The molecule has 20 heavy (non-hydrogen) atoms. The highest BCUT2D eigenvalue weighted by molar-refractivity contribution is 8.26. The normalized spacial score (nSPS) is 16.9. The van der Waals surface area contributed by atoms with Gasteiger partial charge in [-0.05, 0) is 12.1 Å². The Kier molecular flexibility index (Phi) is 4.05. The van der Waals surface area contributed by atoms with E-state index in [-0.39, 0.29) is 11.6 Å². The van der Waals surface area contributed by atoms with Gasteiger partial charge in [0.25, 0.3) is 11.6 Å². The molecule has 1 amide bonds. The molecule has 0 saturated carbocycles. The van der Waals surface area contributed by atoms with Gasteiger partial charge in [-0.2, -0.15) is 0 Å². The van der Waals surface area contributed by atoms with Crippen LogP contribution in [0.25, 0.3) is 6.08 Å². The van der Waals surface area contributed by atoms with Crippen molar-refractivity contribution in [3.63, 3.8) is 0 Å². The molecule has 1 aromatic carbocycles. The van der Waals surface area contributed by atoms with Crippen molar-refractivity contribution in [2.45, 2.75) is 0 Å². The number of carbonyl (C=O) groups is 1. The van der Waals surface area contributed by atoms with Gasteiger partial charge in [0, 0.05) is 24.7 Å². The predicted molar refractivity (Wildman–Crippen MR) is 80.6 cm³/mol. The average molecular weight is 310 g/mol. The van der Waals surface area contributed by atoms with Crippen LogP contribution >= 0.6 is 24.0 Å². The van der Waals surface area contributed by atoms with Crippen molar-refractivity contribution in [3.8, 4) is 5.75 Å². The summed E-state index contributed by atoms with van der Waals surface area (Å²) in [7, 11) is 3.05. The molecule has 1 fully saturated rings. The maximum atomic E-state index is 11.9. The monoisotopic (exact) mass is 310 g/mol. The highest BCUT2D eigenvalue weighted by Gasteiger charge is 2.29. The van der Waals surface area contributed by atoms with Crippen LogP contribution in [0.1, 0.15) is 5.56 Å². The molecule has 0 atom stereocenters. The molecular weight excluding hydrogens is 300 g/mol. The van der Waals surface area contributed by atoms with Crippen LogP contribution in [0.5, 0.6) is 5.75 Å². The first-order chi connectivity index (χ1) is 9.43. The predicted octanol–water partition coefficient (Wildman–Crippen LogP) is 2.43. The van der Waals surface area contributed by atoms with E-state index in [4.69, 9.17) is 17.0 Å². The Morgan fingerprint density at radius 1 is 1.50 bits per heavy atom. The van der Waals surface area contributed by atoms with Gasteiger partial charge in [0.2, 0.25) is 0 Å². The molecule has 0 spiro atoms. The molecule has 2 rings (SSSR count). The zero-order chi connectivity index (χ0) is 14.9. The lowest BCUT2D eigenvalue weighted by Crippen LogP contribution is -2.22. The Bertz CT molecular complexity index is 642. The van der Waals surface area contributed by atoms with Gasteiger partial charge in [-0.3, -0.25) is 19.8 Å². The summed E-state index contributed by atoms with van der Waals surface area (Å²) in [6.07, 6.45) is 1.55. The lowest BCUT2D eigenvalue weighted by Gasteiger charge is -2.05. The zero-order valence-electron chi connectivity index (χ0n) is 10.7. The van der Waals surface area contributed by atoms with Crippen LogP contribution in [0.15, 0.2) is 23.1 Å². The van der Waals surface area contributed by atoms with Crippen molar-refractivity contribution in [2.24, 2.45) is 0 Å². The van der Waals surface area contributed by atoms with Gasteiger partial charge in [0.05, 0.1) is 16.9 Å². The van der Waals surface area contributed by atoms with Crippen LogP contribution < -0.4 is 4.74 Å². The first-order valence-corrected chi connectivity index (χ1v) is 6.70. The molecule has 1 aromatic rings. The molecule has 0 N–H and O–H groups in total.